The van der Waals surface area contributed by atoms with Crippen molar-refractivity contribution in [1.29, 1.82) is 0 Å². The highest BCUT2D eigenvalue weighted by Gasteiger charge is 2.40. The molecule has 1 atom stereocenters. The van der Waals surface area contributed by atoms with Crippen LogP contribution in [0.3, 0.4) is 0 Å². The van der Waals surface area contributed by atoms with Crippen molar-refractivity contribution in [2.45, 2.75) is 36.6 Å². The summed E-state index contributed by atoms with van der Waals surface area (Å²) in [7, 11) is -4.26. The van der Waals surface area contributed by atoms with Gasteiger partial charge in [-0.05, 0) is 59.5 Å². The molecule has 5 nitrogen and oxygen atoms in total. The molecule has 4 rings (SSSR count). The van der Waals surface area contributed by atoms with Crippen LogP contribution in [-0.4, -0.2) is 24.7 Å². The molecule has 1 aliphatic heterocycles. The molecule has 0 saturated carbocycles. The number of carbonyl (C=O) groups excluding carboxylic acids is 1. The highest BCUT2D eigenvalue weighted by atomic mass is 35.5. The summed E-state index contributed by atoms with van der Waals surface area (Å²) in [5, 5.41) is 3.31. The van der Waals surface area contributed by atoms with Gasteiger partial charge in [-0.25, -0.2) is 8.42 Å². The lowest BCUT2D eigenvalue weighted by atomic mass is 9.95. The van der Waals surface area contributed by atoms with Gasteiger partial charge in [-0.3, -0.25) is 4.79 Å². The van der Waals surface area contributed by atoms with Crippen LogP contribution >= 0.6 is 11.6 Å². The van der Waals surface area contributed by atoms with Crippen LogP contribution < -0.4 is 5.32 Å². The van der Waals surface area contributed by atoms with Gasteiger partial charge in [-0.1, -0.05) is 48.0 Å². The molecule has 3 aromatic carbocycles. The molecule has 1 N–H and O–H groups in total. The van der Waals surface area contributed by atoms with Gasteiger partial charge >= 0.3 is 6.18 Å². The third-order valence-corrected chi connectivity index (χ3v) is 7.80. The molecule has 1 heterocycles. The molecule has 1 aliphatic rings. The van der Waals surface area contributed by atoms with Gasteiger partial charge in [0.05, 0.1) is 10.5 Å². The third-order valence-electron chi connectivity index (χ3n) is 5.68. The Kier molecular flexibility index (Phi) is 6.71. The molecule has 0 radical (unpaired) electrons. The predicted octanol–water partition coefficient (Wildman–Crippen LogP) is 4.79. The Morgan fingerprint density at radius 3 is 2.21 bits per heavy atom. The van der Waals surface area contributed by atoms with Crippen molar-refractivity contribution in [1.82, 2.24) is 9.62 Å². The van der Waals surface area contributed by atoms with E-state index in [0.717, 1.165) is 45.3 Å². The second kappa shape index (κ2) is 9.40. The van der Waals surface area contributed by atoms with Crippen LogP contribution in [0.25, 0.3) is 0 Å². The SMILES string of the molecule is O=C(NCc1ccc(Cl)cc1)C1Cc2ccccc2CN1S(=O)(=O)c1ccc(C(F)(F)F)cc1. The van der Waals surface area contributed by atoms with E-state index >= 15 is 0 Å². The molecule has 3 aromatic rings. The second-order valence-electron chi connectivity index (χ2n) is 7.91. The number of sulfonamides is 1. The summed E-state index contributed by atoms with van der Waals surface area (Å²) in [6, 6.07) is 16.2. The fourth-order valence-electron chi connectivity index (χ4n) is 3.84. The van der Waals surface area contributed by atoms with E-state index in [1.165, 1.54) is 0 Å². The van der Waals surface area contributed by atoms with Gasteiger partial charge in [0.1, 0.15) is 6.04 Å². The molecule has 0 spiro atoms. The third kappa shape index (κ3) is 5.11. The Bertz CT molecular complexity index is 1290. The van der Waals surface area contributed by atoms with Crippen LogP contribution in [0.5, 0.6) is 0 Å². The smallest absolute Gasteiger partial charge is 0.351 e. The molecular formula is C24H20ClF3N2O3S. The van der Waals surface area contributed by atoms with Gasteiger partial charge < -0.3 is 5.32 Å². The molecule has 0 saturated heterocycles. The maximum atomic E-state index is 13.4. The van der Waals surface area contributed by atoms with Crippen LogP contribution in [0.2, 0.25) is 5.02 Å². The predicted molar refractivity (Wildman–Crippen MR) is 121 cm³/mol. The molecule has 0 aromatic heterocycles. The monoisotopic (exact) mass is 508 g/mol. The van der Waals surface area contributed by atoms with Gasteiger partial charge in [0.2, 0.25) is 15.9 Å². The minimum absolute atomic E-state index is 0.0709. The summed E-state index contributed by atoms with van der Waals surface area (Å²) in [5.41, 5.74) is 1.41. The van der Waals surface area contributed by atoms with Crippen LogP contribution in [0.1, 0.15) is 22.3 Å². The zero-order valence-corrected chi connectivity index (χ0v) is 19.3. The van der Waals surface area contributed by atoms with Crippen molar-refractivity contribution in [3.05, 3.63) is 100 Å². The summed E-state index contributed by atoms with van der Waals surface area (Å²) in [6.45, 7) is 0.0981. The lowest BCUT2D eigenvalue weighted by molar-refractivity contribution is -0.137. The summed E-state index contributed by atoms with van der Waals surface area (Å²) in [5.74, 6) is -0.500. The van der Waals surface area contributed by atoms with Crippen molar-refractivity contribution in [2.75, 3.05) is 0 Å². The number of hydrogen-bond acceptors (Lipinski definition) is 3. The standard InChI is InChI=1S/C24H20ClF3N2O3S/c25-20-9-5-16(6-10-20)14-29-23(31)22-13-17-3-1-2-4-18(17)15-30(22)34(32,33)21-11-7-19(8-12-21)24(26,27)28/h1-12,22H,13-15H2,(H,29,31). The average Bonchev–Trinajstić information content (AvgIpc) is 2.82. The van der Waals surface area contributed by atoms with E-state index in [2.05, 4.69) is 5.32 Å². The van der Waals surface area contributed by atoms with Crippen molar-refractivity contribution >= 4 is 27.5 Å². The highest BCUT2D eigenvalue weighted by Crippen LogP contribution is 2.32. The number of alkyl halides is 3. The number of benzene rings is 3. The Morgan fingerprint density at radius 1 is 0.971 bits per heavy atom. The van der Waals surface area contributed by atoms with Gasteiger partial charge in [0.15, 0.2) is 0 Å². The van der Waals surface area contributed by atoms with E-state index < -0.39 is 33.7 Å². The Balaban J connectivity index is 1.63. The quantitative estimate of drug-likeness (QED) is 0.539. The number of nitrogens with one attached hydrogen (secondary N) is 1. The number of hydrogen-bond donors (Lipinski definition) is 1. The van der Waals surface area contributed by atoms with Gasteiger partial charge in [0.25, 0.3) is 0 Å². The van der Waals surface area contributed by atoms with Gasteiger partial charge in [-0.2, -0.15) is 17.5 Å². The number of rotatable bonds is 5. The number of fused-ring (bicyclic) bond motifs is 1. The minimum atomic E-state index is -4.59. The second-order valence-corrected chi connectivity index (χ2v) is 10.2. The highest BCUT2D eigenvalue weighted by molar-refractivity contribution is 7.89. The lowest BCUT2D eigenvalue weighted by Gasteiger charge is -2.35. The first kappa shape index (κ1) is 24.3. The zero-order valence-electron chi connectivity index (χ0n) is 17.7. The van der Waals surface area contributed by atoms with Gasteiger partial charge in [-0.15, -0.1) is 0 Å². The zero-order chi connectivity index (χ0) is 24.5. The summed E-state index contributed by atoms with van der Waals surface area (Å²) < 4.78 is 66.7. The maximum Gasteiger partial charge on any atom is 0.416 e. The largest absolute Gasteiger partial charge is 0.416 e. The summed E-state index contributed by atoms with van der Waals surface area (Å²) >= 11 is 5.88. The fraction of sp³-hybridized carbons (Fsp3) is 0.208. The van der Waals surface area contributed by atoms with E-state index in [1.807, 2.05) is 12.1 Å². The first-order valence-corrected chi connectivity index (χ1v) is 12.2. The maximum absolute atomic E-state index is 13.4. The summed E-state index contributed by atoms with van der Waals surface area (Å²) in [6.07, 6.45) is -4.45. The number of halogens is 4. The first-order chi connectivity index (χ1) is 16.1. The number of amides is 1. The van der Waals surface area contributed by atoms with Crippen molar-refractivity contribution in [2.24, 2.45) is 0 Å². The normalized spacial score (nSPS) is 16.6. The summed E-state index contributed by atoms with van der Waals surface area (Å²) in [4.78, 5) is 12.8. The molecule has 0 fully saturated rings. The lowest BCUT2D eigenvalue weighted by Crippen LogP contribution is -2.52. The van der Waals surface area contributed by atoms with Crippen LogP contribution in [0, 0.1) is 0 Å². The Hall–Kier alpha value is -2.88. The molecular weight excluding hydrogens is 489 g/mol. The average molecular weight is 509 g/mol. The molecule has 1 amide bonds. The molecule has 34 heavy (non-hydrogen) atoms. The van der Waals surface area contributed by atoms with E-state index in [-0.39, 0.29) is 24.4 Å². The molecule has 0 aliphatic carbocycles. The minimum Gasteiger partial charge on any atom is -0.351 e. The molecule has 1 unspecified atom stereocenters. The van der Waals surface area contributed by atoms with Crippen LogP contribution in [-0.2, 0) is 40.5 Å². The van der Waals surface area contributed by atoms with E-state index in [0.29, 0.717) is 5.02 Å². The van der Waals surface area contributed by atoms with Crippen LogP contribution in [0.15, 0.2) is 77.7 Å². The fourth-order valence-corrected chi connectivity index (χ4v) is 5.53. The van der Waals surface area contributed by atoms with Crippen molar-refractivity contribution < 1.29 is 26.4 Å². The topological polar surface area (TPSA) is 66.5 Å². The Labute approximate surface area is 200 Å². The molecule has 178 valence electrons. The van der Waals surface area contributed by atoms with E-state index in [1.54, 1.807) is 36.4 Å². The first-order valence-electron chi connectivity index (χ1n) is 10.3. The van der Waals surface area contributed by atoms with Crippen molar-refractivity contribution in [3.8, 4) is 0 Å². The number of nitrogens with zero attached hydrogens (tertiary/aromatic N) is 1. The van der Waals surface area contributed by atoms with Crippen molar-refractivity contribution in [3.63, 3.8) is 0 Å². The number of carbonyl (C=O) groups is 1. The molecule has 0 bridgehead atoms. The van der Waals surface area contributed by atoms with Crippen LogP contribution in [0.4, 0.5) is 13.2 Å². The Morgan fingerprint density at radius 2 is 1.59 bits per heavy atom. The molecule has 10 heteroatoms. The van der Waals surface area contributed by atoms with E-state index in [4.69, 9.17) is 11.6 Å². The van der Waals surface area contributed by atoms with Gasteiger partial charge in [0, 0.05) is 18.1 Å². The van der Waals surface area contributed by atoms with E-state index in [9.17, 15) is 26.4 Å².